The highest BCUT2D eigenvalue weighted by atomic mass is 16.6. The number of amides is 1. The highest BCUT2D eigenvalue weighted by molar-refractivity contribution is 5.94. The van der Waals surface area contributed by atoms with Crippen LogP contribution in [0, 0.1) is 0 Å². The third-order valence-corrected chi connectivity index (χ3v) is 4.40. The molecular formula is C20H26N2O3. The number of fused-ring (bicyclic) bond motifs is 1. The predicted molar refractivity (Wildman–Crippen MR) is 99.9 cm³/mol. The van der Waals surface area contributed by atoms with Gasteiger partial charge in [-0.15, -0.1) is 0 Å². The van der Waals surface area contributed by atoms with Crippen LogP contribution in [0.15, 0.2) is 30.5 Å². The minimum Gasteiger partial charge on any atom is -0.497 e. The molecule has 2 aromatic rings. The smallest absolute Gasteiger partial charge is 0.410 e. The van der Waals surface area contributed by atoms with E-state index in [2.05, 4.69) is 36.0 Å². The van der Waals surface area contributed by atoms with E-state index >= 15 is 0 Å². The molecule has 0 N–H and O–H groups in total. The monoisotopic (exact) mass is 342 g/mol. The van der Waals surface area contributed by atoms with E-state index in [0.717, 1.165) is 12.2 Å². The summed E-state index contributed by atoms with van der Waals surface area (Å²) < 4.78 is 13.0. The SMILES string of the molecule is COc1ccc2c(c1)c(C1=CCN(C(=O)OC(C)(C)C)CC1)cn2C. The molecule has 1 aliphatic rings. The van der Waals surface area contributed by atoms with Crippen LogP contribution in [0.5, 0.6) is 5.75 Å². The quantitative estimate of drug-likeness (QED) is 0.821. The fourth-order valence-corrected chi connectivity index (χ4v) is 3.16. The standard InChI is InChI=1S/C20H26N2O3/c1-20(2,3)25-19(23)22-10-8-14(9-11-22)17-13-21(4)18-7-6-15(24-5)12-16(17)18/h6-8,12-13H,9-11H2,1-5H3. The van der Waals surface area contributed by atoms with Gasteiger partial charge in [0.25, 0.3) is 0 Å². The van der Waals surface area contributed by atoms with Crippen molar-refractivity contribution in [1.82, 2.24) is 9.47 Å². The number of benzene rings is 1. The number of methoxy groups -OCH3 is 1. The Bertz CT molecular complexity index is 827. The Hall–Kier alpha value is -2.43. The van der Waals surface area contributed by atoms with Crippen LogP contribution in [-0.2, 0) is 11.8 Å². The number of hydrogen-bond donors (Lipinski definition) is 0. The maximum atomic E-state index is 12.2. The molecule has 0 bridgehead atoms. The summed E-state index contributed by atoms with van der Waals surface area (Å²) in [5.41, 5.74) is 3.18. The molecule has 1 aromatic heterocycles. The average Bonchev–Trinajstić information content (AvgIpc) is 2.89. The van der Waals surface area contributed by atoms with Crippen molar-refractivity contribution < 1.29 is 14.3 Å². The van der Waals surface area contributed by atoms with E-state index < -0.39 is 5.60 Å². The highest BCUT2D eigenvalue weighted by Gasteiger charge is 2.24. The number of carbonyl (C=O) groups excluding carboxylic acids is 1. The summed E-state index contributed by atoms with van der Waals surface area (Å²) in [6, 6.07) is 6.13. The molecule has 2 heterocycles. The number of hydrogen-bond acceptors (Lipinski definition) is 3. The Morgan fingerprint density at radius 2 is 2.00 bits per heavy atom. The molecule has 0 fully saturated rings. The second kappa shape index (κ2) is 6.47. The van der Waals surface area contributed by atoms with Crippen molar-refractivity contribution in [3.05, 3.63) is 36.0 Å². The largest absolute Gasteiger partial charge is 0.497 e. The third-order valence-electron chi connectivity index (χ3n) is 4.40. The molecular weight excluding hydrogens is 316 g/mol. The van der Waals surface area contributed by atoms with Crippen molar-refractivity contribution in [2.45, 2.75) is 32.8 Å². The van der Waals surface area contributed by atoms with Crippen LogP contribution in [0.3, 0.4) is 0 Å². The summed E-state index contributed by atoms with van der Waals surface area (Å²) in [5, 5.41) is 1.18. The van der Waals surface area contributed by atoms with Gasteiger partial charge in [-0.25, -0.2) is 4.79 Å². The van der Waals surface area contributed by atoms with Crippen molar-refractivity contribution in [3.63, 3.8) is 0 Å². The van der Waals surface area contributed by atoms with Crippen LogP contribution in [0.2, 0.25) is 0 Å². The summed E-state index contributed by atoms with van der Waals surface area (Å²) in [4.78, 5) is 14.0. The molecule has 134 valence electrons. The van der Waals surface area contributed by atoms with Gasteiger partial charge >= 0.3 is 6.09 Å². The van der Waals surface area contributed by atoms with Crippen LogP contribution in [-0.4, -0.2) is 41.4 Å². The molecule has 0 spiro atoms. The van der Waals surface area contributed by atoms with E-state index in [-0.39, 0.29) is 6.09 Å². The number of rotatable bonds is 2. The molecule has 5 nitrogen and oxygen atoms in total. The van der Waals surface area contributed by atoms with Gasteiger partial charge in [0.05, 0.1) is 7.11 Å². The molecule has 3 rings (SSSR count). The summed E-state index contributed by atoms with van der Waals surface area (Å²) in [7, 11) is 3.73. The van der Waals surface area contributed by atoms with Crippen molar-refractivity contribution in [2.24, 2.45) is 7.05 Å². The first-order valence-electron chi connectivity index (χ1n) is 8.59. The molecule has 1 aromatic carbocycles. The lowest BCUT2D eigenvalue weighted by atomic mass is 9.99. The molecule has 25 heavy (non-hydrogen) atoms. The minimum atomic E-state index is -0.465. The van der Waals surface area contributed by atoms with E-state index in [4.69, 9.17) is 9.47 Å². The number of ether oxygens (including phenoxy) is 2. The number of nitrogens with zero attached hydrogens (tertiary/aromatic N) is 2. The zero-order valence-corrected chi connectivity index (χ0v) is 15.6. The third kappa shape index (κ3) is 3.65. The highest BCUT2D eigenvalue weighted by Crippen LogP contribution is 2.33. The van der Waals surface area contributed by atoms with Crippen LogP contribution in [0.1, 0.15) is 32.8 Å². The first kappa shape index (κ1) is 17.4. The molecule has 0 saturated heterocycles. The summed E-state index contributed by atoms with van der Waals surface area (Å²) >= 11 is 0. The van der Waals surface area contributed by atoms with Gasteiger partial charge in [0.15, 0.2) is 0 Å². The zero-order chi connectivity index (χ0) is 18.2. The first-order chi connectivity index (χ1) is 11.8. The van der Waals surface area contributed by atoms with Crippen molar-refractivity contribution in [1.29, 1.82) is 0 Å². The van der Waals surface area contributed by atoms with Crippen molar-refractivity contribution >= 4 is 22.6 Å². The molecule has 0 atom stereocenters. The van der Waals surface area contributed by atoms with E-state index in [0.29, 0.717) is 13.1 Å². The summed E-state index contributed by atoms with van der Waals surface area (Å²) in [5.74, 6) is 0.853. The number of carbonyl (C=O) groups is 1. The molecule has 0 aliphatic carbocycles. The Balaban J connectivity index is 1.84. The van der Waals surface area contributed by atoms with Crippen LogP contribution < -0.4 is 4.74 Å². The maximum Gasteiger partial charge on any atom is 0.410 e. The normalized spacial score (nSPS) is 15.2. The van der Waals surface area contributed by atoms with Crippen LogP contribution >= 0.6 is 0 Å². The summed E-state index contributed by atoms with van der Waals surface area (Å²) in [6.07, 6.45) is 4.85. The Morgan fingerprint density at radius 3 is 2.60 bits per heavy atom. The van der Waals surface area contributed by atoms with Gasteiger partial charge in [0, 0.05) is 42.8 Å². The van der Waals surface area contributed by atoms with Crippen molar-refractivity contribution in [2.75, 3.05) is 20.2 Å². The van der Waals surface area contributed by atoms with E-state index in [1.807, 2.05) is 26.8 Å². The molecule has 0 radical (unpaired) electrons. The molecule has 1 amide bonds. The molecule has 5 heteroatoms. The molecule has 1 aliphatic heterocycles. The number of aryl methyl sites for hydroxylation is 1. The maximum absolute atomic E-state index is 12.2. The lowest BCUT2D eigenvalue weighted by molar-refractivity contribution is 0.0270. The van der Waals surface area contributed by atoms with Crippen LogP contribution in [0.25, 0.3) is 16.5 Å². The number of aromatic nitrogens is 1. The van der Waals surface area contributed by atoms with Crippen molar-refractivity contribution in [3.8, 4) is 5.75 Å². The van der Waals surface area contributed by atoms with Gasteiger partial charge in [0.1, 0.15) is 11.4 Å². The van der Waals surface area contributed by atoms with Crippen LogP contribution in [0.4, 0.5) is 4.79 Å². The molecule has 0 saturated carbocycles. The van der Waals surface area contributed by atoms with Gasteiger partial charge in [0.2, 0.25) is 0 Å². The topological polar surface area (TPSA) is 43.7 Å². The molecule has 0 unspecified atom stereocenters. The predicted octanol–water partition coefficient (Wildman–Crippen LogP) is 4.21. The second-order valence-electron chi connectivity index (χ2n) is 7.44. The van der Waals surface area contributed by atoms with E-state index in [1.165, 1.54) is 22.0 Å². The average molecular weight is 342 g/mol. The Kier molecular flexibility index (Phi) is 4.50. The lowest BCUT2D eigenvalue weighted by Crippen LogP contribution is -2.39. The van der Waals surface area contributed by atoms with E-state index in [9.17, 15) is 4.79 Å². The zero-order valence-electron chi connectivity index (χ0n) is 15.6. The summed E-state index contributed by atoms with van der Waals surface area (Å²) in [6.45, 7) is 6.91. The van der Waals surface area contributed by atoms with Gasteiger partial charge in [-0.1, -0.05) is 6.08 Å². The fraction of sp³-hybridized carbons (Fsp3) is 0.450. The minimum absolute atomic E-state index is 0.248. The Morgan fingerprint density at radius 1 is 1.24 bits per heavy atom. The Labute approximate surface area is 148 Å². The fourth-order valence-electron chi connectivity index (χ4n) is 3.16. The van der Waals surface area contributed by atoms with Gasteiger partial charge < -0.3 is 18.9 Å². The van der Waals surface area contributed by atoms with E-state index in [1.54, 1.807) is 12.0 Å². The second-order valence-corrected chi connectivity index (χ2v) is 7.44. The van der Waals surface area contributed by atoms with Gasteiger partial charge in [-0.3, -0.25) is 0 Å². The first-order valence-corrected chi connectivity index (χ1v) is 8.59. The van der Waals surface area contributed by atoms with Gasteiger partial charge in [-0.05, 0) is 51.0 Å². The lowest BCUT2D eigenvalue weighted by Gasteiger charge is -2.29. The van der Waals surface area contributed by atoms with Gasteiger partial charge in [-0.2, -0.15) is 0 Å².